The van der Waals surface area contributed by atoms with E-state index in [9.17, 15) is 9.90 Å². The maximum atomic E-state index is 12.5. The predicted octanol–water partition coefficient (Wildman–Crippen LogP) is 2.78. The van der Waals surface area contributed by atoms with Gasteiger partial charge in [0.2, 0.25) is 5.91 Å². The number of aliphatic hydroxyl groups excluding tert-OH is 1. The Morgan fingerprint density at radius 2 is 1.96 bits per heavy atom. The van der Waals surface area contributed by atoms with Gasteiger partial charge in [-0.1, -0.05) is 42.1 Å². The Bertz CT molecular complexity index is 935. The van der Waals surface area contributed by atoms with Gasteiger partial charge in [0, 0.05) is 36.3 Å². The minimum absolute atomic E-state index is 0.0162. The Morgan fingerprint density at radius 1 is 1.11 bits per heavy atom. The molecular formula is C21H21N3O2S. The third-order valence-electron chi connectivity index (χ3n) is 4.87. The van der Waals surface area contributed by atoms with E-state index in [0.717, 1.165) is 21.6 Å². The second-order valence-corrected chi connectivity index (χ2v) is 7.78. The van der Waals surface area contributed by atoms with Crippen LogP contribution in [-0.4, -0.2) is 50.8 Å². The molecule has 1 aliphatic heterocycles. The van der Waals surface area contributed by atoms with E-state index >= 15 is 0 Å². The summed E-state index contributed by atoms with van der Waals surface area (Å²) >= 11 is 1.43. The lowest BCUT2D eigenvalue weighted by Gasteiger charge is -2.16. The molecule has 1 N–H and O–H groups in total. The lowest BCUT2D eigenvalue weighted by molar-refractivity contribution is -0.127. The van der Waals surface area contributed by atoms with Crippen molar-refractivity contribution in [3.8, 4) is 0 Å². The fraction of sp³-hybridized carbons (Fsp3) is 0.286. The molecule has 0 radical (unpaired) electrons. The molecule has 1 aliphatic rings. The van der Waals surface area contributed by atoms with Gasteiger partial charge in [0.1, 0.15) is 0 Å². The van der Waals surface area contributed by atoms with Gasteiger partial charge in [0.25, 0.3) is 0 Å². The van der Waals surface area contributed by atoms with Crippen LogP contribution in [0.2, 0.25) is 0 Å². The van der Waals surface area contributed by atoms with Crippen molar-refractivity contribution < 1.29 is 9.90 Å². The monoisotopic (exact) mass is 379 g/mol. The number of hydrogen-bond acceptors (Lipinski definition) is 5. The number of benzene rings is 1. The zero-order valence-corrected chi connectivity index (χ0v) is 15.7. The Hall–Kier alpha value is -2.44. The minimum Gasteiger partial charge on any atom is -0.391 e. The maximum Gasteiger partial charge on any atom is 0.233 e. The number of likely N-dealkylation sites (tertiary alicyclic amines) is 1. The van der Waals surface area contributed by atoms with Crippen LogP contribution in [0, 0.1) is 5.92 Å². The summed E-state index contributed by atoms with van der Waals surface area (Å²) in [5.41, 5.74) is 1.91. The van der Waals surface area contributed by atoms with Crippen molar-refractivity contribution >= 4 is 28.6 Å². The zero-order chi connectivity index (χ0) is 18.6. The van der Waals surface area contributed by atoms with Crippen molar-refractivity contribution in [3.63, 3.8) is 0 Å². The van der Waals surface area contributed by atoms with Gasteiger partial charge in [0.15, 0.2) is 0 Å². The summed E-state index contributed by atoms with van der Waals surface area (Å²) in [6, 6.07) is 17.7. The van der Waals surface area contributed by atoms with Crippen LogP contribution < -0.4 is 0 Å². The van der Waals surface area contributed by atoms with Gasteiger partial charge < -0.3 is 10.0 Å². The quantitative estimate of drug-likeness (QED) is 0.691. The molecule has 0 bridgehead atoms. The smallest absolute Gasteiger partial charge is 0.233 e. The fourth-order valence-electron chi connectivity index (χ4n) is 3.41. The van der Waals surface area contributed by atoms with Gasteiger partial charge in [-0.25, -0.2) is 4.98 Å². The van der Waals surface area contributed by atoms with Crippen LogP contribution in [0.5, 0.6) is 0 Å². The van der Waals surface area contributed by atoms with E-state index in [1.807, 2.05) is 48.5 Å². The van der Waals surface area contributed by atoms with Crippen molar-refractivity contribution in [2.45, 2.75) is 17.6 Å². The second kappa shape index (κ2) is 8.06. The second-order valence-electron chi connectivity index (χ2n) is 6.78. The molecule has 0 aliphatic carbocycles. The van der Waals surface area contributed by atoms with Gasteiger partial charge in [-0.3, -0.25) is 9.78 Å². The third-order valence-corrected chi connectivity index (χ3v) is 5.80. The zero-order valence-electron chi connectivity index (χ0n) is 14.9. The number of carbonyl (C=O) groups excluding carboxylic acids is 1. The van der Waals surface area contributed by atoms with Crippen LogP contribution in [0.3, 0.4) is 0 Å². The highest BCUT2D eigenvalue weighted by molar-refractivity contribution is 7.99. The van der Waals surface area contributed by atoms with Crippen molar-refractivity contribution in [1.29, 1.82) is 0 Å². The fourth-order valence-corrected chi connectivity index (χ4v) is 4.17. The van der Waals surface area contributed by atoms with E-state index in [1.54, 1.807) is 11.1 Å². The highest BCUT2D eigenvalue weighted by atomic mass is 32.2. The molecule has 1 aromatic carbocycles. The number of fused-ring (bicyclic) bond motifs is 1. The summed E-state index contributed by atoms with van der Waals surface area (Å²) in [5, 5.41) is 12.4. The summed E-state index contributed by atoms with van der Waals surface area (Å²) in [5.74, 6) is 0.395. The Kier molecular flexibility index (Phi) is 5.36. The normalized spacial score (nSPS) is 19.5. The van der Waals surface area contributed by atoms with Crippen LogP contribution in [0.1, 0.15) is 5.69 Å². The molecule has 4 rings (SSSR count). The molecule has 1 saturated heterocycles. The molecule has 3 aromatic rings. The van der Waals surface area contributed by atoms with Crippen molar-refractivity contribution in [3.05, 3.63) is 66.5 Å². The molecule has 5 nitrogen and oxygen atoms in total. The number of hydrogen-bond donors (Lipinski definition) is 1. The van der Waals surface area contributed by atoms with Crippen LogP contribution in [0.25, 0.3) is 10.9 Å². The van der Waals surface area contributed by atoms with Crippen molar-refractivity contribution in [2.24, 2.45) is 5.92 Å². The summed E-state index contributed by atoms with van der Waals surface area (Å²) < 4.78 is 0. The number of nitrogens with zero attached hydrogens (tertiary/aromatic N) is 3. The van der Waals surface area contributed by atoms with E-state index in [2.05, 4.69) is 11.1 Å². The molecule has 2 atom stereocenters. The molecule has 138 valence electrons. The molecule has 3 heterocycles. The molecule has 1 amide bonds. The van der Waals surface area contributed by atoms with E-state index in [1.165, 1.54) is 11.8 Å². The van der Waals surface area contributed by atoms with Crippen LogP contribution in [0.4, 0.5) is 0 Å². The number of aromatic nitrogens is 2. The number of amides is 1. The Balaban J connectivity index is 1.36. The lowest BCUT2D eigenvalue weighted by atomic mass is 9.99. The first-order valence-corrected chi connectivity index (χ1v) is 10.0. The van der Waals surface area contributed by atoms with Crippen LogP contribution in [0.15, 0.2) is 65.8 Å². The number of rotatable bonds is 5. The van der Waals surface area contributed by atoms with Crippen molar-refractivity contribution in [1.82, 2.24) is 14.9 Å². The summed E-state index contributed by atoms with van der Waals surface area (Å²) in [4.78, 5) is 23.2. The summed E-state index contributed by atoms with van der Waals surface area (Å²) in [6.45, 7) is 0.956. The number of thioether (sulfide) groups is 1. The van der Waals surface area contributed by atoms with Gasteiger partial charge in [0.05, 0.1) is 22.4 Å². The standard InChI is InChI=1S/C21H21N3O2S/c25-19-13-24(21(26)14-27-20-7-3-4-10-22-20)12-16(19)11-17-9-8-15-5-1-2-6-18(15)23-17/h1-10,16,19,25H,11-14H2/t16-,19-/m1/s1. The van der Waals surface area contributed by atoms with Gasteiger partial charge in [-0.2, -0.15) is 0 Å². The van der Waals surface area contributed by atoms with Crippen molar-refractivity contribution in [2.75, 3.05) is 18.8 Å². The predicted molar refractivity (Wildman–Crippen MR) is 106 cm³/mol. The van der Waals surface area contributed by atoms with Crippen LogP contribution in [-0.2, 0) is 11.2 Å². The van der Waals surface area contributed by atoms with Gasteiger partial charge in [-0.05, 0) is 30.7 Å². The minimum atomic E-state index is -0.512. The SMILES string of the molecule is O=C(CSc1ccccn1)N1C[C@@H](Cc2ccc3ccccc3n2)[C@H](O)C1. The number of β-amino-alcohol motifs (C(OH)–C–C–N with tert-alkyl or cyclic N) is 1. The number of aliphatic hydroxyl groups is 1. The molecule has 2 aromatic heterocycles. The first-order chi connectivity index (χ1) is 13.2. The average molecular weight is 379 g/mol. The molecule has 0 unspecified atom stereocenters. The largest absolute Gasteiger partial charge is 0.391 e. The molecule has 0 saturated carbocycles. The molecule has 27 heavy (non-hydrogen) atoms. The molecule has 0 spiro atoms. The first kappa shape index (κ1) is 17.9. The number of carbonyl (C=O) groups is 1. The molecule has 1 fully saturated rings. The lowest BCUT2D eigenvalue weighted by Crippen LogP contribution is -2.31. The molecular weight excluding hydrogens is 358 g/mol. The van der Waals surface area contributed by atoms with E-state index in [-0.39, 0.29) is 11.8 Å². The number of para-hydroxylation sites is 1. The van der Waals surface area contributed by atoms with Gasteiger partial charge in [-0.15, -0.1) is 0 Å². The van der Waals surface area contributed by atoms with Crippen LogP contribution >= 0.6 is 11.8 Å². The Morgan fingerprint density at radius 3 is 2.81 bits per heavy atom. The first-order valence-electron chi connectivity index (χ1n) is 9.03. The number of pyridine rings is 2. The highest BCUT2D eigenvalue weighted by Gasteiger charge is 2.34. The van der Waals surface area contributed by atoms with E-state index < -0.39 is 6.10 Å². The Labute approximate surface area is 162 Å². The molecule has 6 heteroatoms. The van der Waals surface area contributed by atoms with Gasteiger partial charge >= 0.3 is 0 Å². The highest BCUT2D eigenvalue weighted by Crippen LogP contribution is 2.24. The summed E-state index contributed by atoms with van der Waals surface area (Å²) in [6.07, 6.45) is 1.88. The van der Waals surface area contributed by atoms with E-state index in [4.69, 9.17) is 4.98 Å². The van der Waals surface area contributed by atoms with E-state index in [0.29, 0.717) is 25.3 Å². The summed E-state index contributed by atoms with van der Waals surface area (Å²) in [7, 11) is 0. The maximum absolute atomic E-state index is 12.5. The average Bonchev–Trinajstić information content (AvgIpc) is 3.07. The topological polar surface area (TPSA) is 66.3 Å². The third kappa shape index (κ3) is 4.28.